The van der Waals surface area contributed by atoms with Gasteiger partial charge in [0.2, 0.25) is 5.91 Å². The number of rotatable bonds is 6. The Bertz CT molecular complexity index is 1330. The number of para-hydroxylation sites is 1. The van der Waals surface area contributed by atoms with E-state index in [0.717, 1.165) is 5.69 Å². The second-order valence-corrected chi connectivity index (χ2v) is 8.49. The maximum atomic E-state index is 14.1. The lowest BCUT2D eigenvalue weighted by Crippen LogP contribution is -2.35. The fourth-order valence-corrected chi connectivity index (χ4v) is 3.80. The van der Waals surface area contributed by atoms with Crippen molar-refractivity contribution in [2.75, 3.05) is 5.32 Å². The standard InChI is InChI=1S/C22H24F2N7OP/c1-4-16(25)21(32)27-19-12(2)17(28-31(19)14-8-6-5-7-9-14)13-10-15-18(22(23,24)33)29-30(3)20(15)26-11-13/h5-11,16H,4,25,33H2,1-3H3,(H,27,32). The lowest BCUT2D eigenvalue weighted by molar-refractivity contribution is -0.117. The van der Waals surface area contributed by atoms with Crippen LogP contribution in [0.4, 0.5) is 14.6 Å². The number of anilines is 1. The molecule has 8 nitrogen and oxygen atoms in total. The molecule has 1 aromatic carbocycles. The summed E-state index contributed by atoms with van der Waals surface area (Å²) in [5, 5.41) is 11.7. The number of nitrogens with zero attached hydrogens (tertiary/aromatic N) is 5. The highest BCUT2D eigenvalue weighted by Crippen LogP contribution is 2.39. The van der Waals surface area contributed by atoms with E-state index in [2.05, 4.69) is 15.4 Å². The van der Waals surface area contributed by atoms with Crippen molar-refractivity contribution in [1.29, 1.82) is 0 Å². The number of hydrogen-bond acceptors (Lipinski definition) is 5. The molecule has 3 aromatic heterocycles. The zero-order chi connectivity index (χ0) is 23.9. The van der Waals surface area contributed by atoms with Gasteiger partial charge in [-0.1, -0.05) is 34.4 Å². The molecule has 2 unspecified atom stereocenters. The van der Waals surface area contributed by atoms with Crippen LogP contribution in [0.15, 0.2) is 42.6 Å². The summed E-state index contributed by atoms with van der Waals surface area (Å²) >= 11 is 0. The Kier molecular flexibility index (Phi) is 5.99. The predicted molar refractivity (Wildman–Crippen MR) is 126 cm³/mol. The van der Waals surface area contributed by atoms with Gasteiger partial charge < -0.3 is 11.1 Å². The molecule has 4 rings (SSSR count). The Morgan fingerprint density at radius 1 is 1.27 bits per heavy atom. The molecule has 2 atom stereocenters. The Hall–Kier alpha value is -3.23. The number of carbonyl (C=O) groups is 1. The first-order valence-corrected chi connectivity index (χ1v) is 10.9. The zero-order valence-electron chi connectivity index (χ0n) is 18.4. The molecule has 11 heteroatoms. The van der Waals surface area contributed by atoms with Gasteiger partial charge >= 0.3 is 5.66 Å². The number of fused-ring (bicyclic) bond motifs is 1. The molecule has 0 bridgehead atoms. The minimum atomic E-state index is -3.21. The van der Waals surface area contributed by atoms with Gasteiger partial charge in [-0.3, -0.25) is 4.79 Å². The molecule has 3 N–H and O–H groups in total. The molecule has 1 amide bonds. The maximum absolute atomic E-state index is 14.1. The fourth-order valence-electron chi connectivity index (χ4n) is 3.58. The Morgan fingerprint density at radius 2 is 1.97 bits per heavy atom. The van der Waals surface area contributed by atoms with Crippen molar-refractivity contribution in [2.24, 2.45) is 12.8 Å². The van der Waals surface area contributed by atoms with Crippen LogP contribution in [0, 0.1) is 6.92 Å². The van der Waals surface area contributed by atoms with Crippen LogP contribution in [0.5, 0.6) is 0 Å². The molecular formula is C22H24F2N7OP. The van der Waals surface area contributed by atoms with Crippen LogP contribution in [0.25, 0.3) is 28.0 Å². The normalized spacial score (nSPS) is 12.8. The van der Waals surface area contributed by atoms with Crippen LogP contribution in [0.2, 0.25) is 0 Å². The first-order chi connectivity index (χ1) is 15.6. The van der Waals surface area contributed by atoms with Crippen molar-refractivity contribution in [3.63, 3.8) is 0 Å². The van der Waals surface area contributed by atoms with Gasteiger partial charge in [-0.25, -0.2) is 14.3 Å². The number of aryl methyl sites for hydroxylation is 1. The maximum Gasteiger partial charge on any atom is 0.302 e. The zero-order valence-corrected chi connectivity index (χ0v) is 19.5. The number of nitrogens with one attached hydrogen (secondary N) is 1. The van der Waals surface area contributed by atoms with E-state index in [1.54, 1.807) is 30.9 Å². The second kappa shape index (κ2) is 8.61. The number of pyridine rings is 1. The summed E-state index contributed by atoms with van der Waals surface area (Å²) in [5.74, 6) is 0.114. The summed E-state index contributed by atoms with van der Waals surface area (Å²) in [7, 11) is 3.08. The van der Waals surface area contributed by atoms with Crippen molar-refractivity contribution in [3.05, 3.63) is 53.9 Å². The molecule has 3 heterocycles. The largest absolute Gasteiger partial charge is 0.320 e. The minimum absolute atomic E-state index is 0.224. The van der Waals surface area contributed by atoms with Gasteiger partial charge in [-0.2, -0.15) is 19.0 Å². The number of aromatic nitrogens is 5. The third kappa shape index (κ3) is 4.24. The van der Waals surface area contributed by atoms with E-state index < -0.39 is 11.7 Å². The van der Waals surface area contributed by atoms with E-state index in [4.69, 9.17) is 10.8 Å². The lowest BCUT2D eigenvalue weighted by atomic mass is 10.1. The quantitative estimate of drug-likeness (QED) is 0.417. The smallest absolute Gasteiger partial charge is 0.302 e. The fraction of sp³-hybridized carbons (Fsp3) is 0.273. The molecule has 0 fully saturated rings. The SMILES string of the molecule is CCC(N)C(=O)Nc1c(C)c(-c2cnc3c(c2)c(C(F)(F)P)nn3C)nn1-c1ccccc1. The molecule has 0 aliphatic carbocycles. The van der Waals surface area contributed by atoms with Gasteiger partial charge in [0.15, 0.2) is 5.65 Å². The molecule has 4 aromatic rings. The van der Waals surface area contributed by atoms with E-state index in [-0.39, 0.29) is 17.0 Å². The number of carbonyl (C=O) groups excluding carboxylic acids is 1. The van der Waals surface area contributed by atoms with Crippen molar-refractivity contribution in [2.45, 2.75) is 32.0 Å². The molecule has 0 radical (unpaired) electrons. The van der Waals surface area contributed by atoms with Crippen LogP contribution < -0.4 is 11.1 Å². The molecule has 0 aliphatic rings. The highest BCUT2D eigenvalue weighted by molar-refractivity contribution is 7.17. The highest BCUT2D eigenvalue weighted by Gasteiger charge is 2.32. The van der Waals surface area contributed by atoms with Gasteiger partial charge in [-0.05, 0) is 31.5 Å². The van der Waals surface area contributed by atoms with Crippen molar-refractivity contribution >= 4 is 32.0 Å². The van der Waals surface area contributed by atoms with Gasteiger partial charge in [0, 0.05) is 29.8 Å². The van der Waals surface area contributed by atoms with Gasteiger partial charge in [0.05, 0.1) is 17.4 Å². The van der Waals surface area contributed by atoms with E-state index in [9.17, 15) is 13.6 Å². The van der Waals surface area contributed by atoms with Gasteiger partial charge in [-0.15, -0.1) is 0 Å². The average Bonchev–Trinajstić information content (AvgIpc) is 3.30. The summed E-state index contributed by atoms with van der Waals surface area (Å²) in [6, 6.07) is 10.2. The highest BCUT2D eigenvalue weighted by atomic mass is 31.0. The number of amides is 1. The number of alkyl halides is 2. The molecule has 0 spiro atoms. The van der Waals surface area contributed by atoms with Crippen LogP contribution >= 0.6 is 9.24 Å². The topological polar surface area (TPSA) is 104 Å². The van der Waals surface area contributed by atoms with Crippen molar-refractivity contribution in [1.82, 2.24) is 24.5 Å². The number of nitrogens with two attached hydrogens (primary N) is 1. The summed E-state index contributed by atoms with van der Waals surface area (Å²) in [4.78, 5) is 16.9. The molecule has 0 saturated heterocycles. The third-order valence-electron chi connectivity index (χ3n) is 5.41. The predicted octanol–water partition coefficient (Wildman–Crippen LogP) is 3.73. The number of benzene rings is 1. The van der Waals surface area contributed by atoms with E-state index in [0.29, 0.717) is 34.7 Å². The summed E-state index contributed by atoms with van der Waals surface area (Å²) < 4.78 is 31.2. The number of halogens is 2. The first-order valence-electron chi connectivity index (χ1n) is 10.3. The summed E-state index contributed by atoms with van der Waals surface area (Å²) in [6.45, 7) is 3.62. The van der Waals surface area contributed by atoms with Gasteiger partial charge in [0.25, 0.3) is 0 Å². The minimum Gasteiger partial charge on any atom is -0.320 e. The monoisotopic (exact) mass is 471 g/mol. The molecule has 33 heavy (non-hydrogen) atoms. The summed E-state index contributed by atoms with van der Waals surface area (Å²) in [6.07, 6.45) is 2.04. The van der Waals surface area contributed by atoms with E-state index >= 15 is 0 Å². The Balaban J connectivity index is 1.89. The van der Waals surface area contributed by atoms with Crippen LogP contribution in [-0.4, -0.2) is 36.5 Å². The van der Waals surface area contributed by atoms with E-state index in [1.165, 1.54) is 13.9 Å². The molecule has 0 saturated carbocycles. The van der Waals surface area contributed by atoms with Crippen LogP contribution in [0.3, 0.4) is 0 Å². The second-order valence-electron chi connectivity index (χ2n) is 7.76. The Labute approximate surface area is 191 Å². The third-order valence-corrected chi connectivity index (χ3v) is 5.68. The van der Waals surface area contributed by atoms with Crippen LogP contribution in [-0.2, 0) is 17.5 Å². The van der Waals surface area contributed by atoms with Crippen molar-refractivity contribution < 1.29 is 13.6 Å². The van der Waals surface area contributed by atoms with Gasteiger partial charge in [0.1, 0.15) is 11.5 Å². The Morgan fingerprint density at radius 3 is 2.61 bits per heavy atom. The first kappa shape index (κ1) is 22.9. The lowest BCUT2D eigenvalue weighted by Gasteiger charge is -2.13. The van der Waals surface area contributed by atoms with Crippen molar-refractivity contribution in [3.8, 4) is 16.9 Å². The number of hydrogen-bond donors (Lipinski definition) is 2. The molecular weight excluding hydrogens is 447 g/mol. The average molecular weight is 471 g/mol. The van der Waals surface area contributed by atoms with Crippen LogP contribution in [0.1, 0.15) is 24.6 Å². The summed E-state index contributed by atoms with van der Waals surface area (Å²) in [5.41, 5.74) is 5.03. The molecule has 0 aliphatic heterocycles. The molecule has 172 valence electrons. The van der Waals surface area contributed by atoms with E-state index in [1.807, 2.05) is 37.3 Å².